The molecule has 0 bridgehead atoms. The molecule has 0 saturated heterocycles. The third kappa shape index (κ3) is 6.34. The first-order chi connectivity index (χ1) is 11.7. The van der Waals surface area contributed by atoms with Gasteiger partial charge in [0.2, 0.25) is 0 Å². The molecule has 0 aliphatic rings. The molecule has 0 radical (unpaired) electrons. The van der Waals surface area contributed by atoms with Crippen LogP contribution in [0.3, 0.4) is 0 Å². The van der Waals surface area contributed by atoms with Crippen molar-refractivity contribution in [1.82, 2.24) is 5.32 Å². The van der Waals surface area contributed by atoms with Crippen LogP contribution in [0.2, 0.25) is 0 Å². The molecule has 24 heavy (non-hydrogen) atoms. The Kier molecular flexibility index (Phi) is 7.17. The number of hydrogen-bond donors (Lipinski definition) is 2. The van der Waals surface area contributed by atoms with Crippen molar-refractivity contribution in [1.29, 1.82) is 0 Å². The highest BCUT2D eigenvalue weighted by atomic mass is 32.2. The number of anilines is 1. The molecular formula is C18H20N2O3S. The SMILES string of the molecule is COC(=O)CSCc1cccc(NC(=O)NCc2ccccc2)c1. The number of thioether (sulfide) groups is 1. The van der Waals surface area contributed by atoms with Crippen LogP contribution in [-0.4, -0.2) is 24.9 Å². The molecule has 0 aromatic heterocycles. The minimum Gasteiger partial charge on any atom is -0.468 e. The number of hydrogen-bond acceptors (Lipinski definition) is 4. The lowest BCUT2D eigenvalue weighted by Crippen LogP contribution is -2.28. The Balaban J connectivity index is 1.80. The van der Waals surface area contributed by atoms with E-state index < -0.39 is 0 Å². The van der Waals surface area contributed by atoms with Crippen molar-refractivity contribution in [3.63, 3.8) is 0 Å². The summed E-state index contributed by atoms with van der Waals surface area (Å²) in [5.41, 5.74) is 2.79. The summed E-state index contributed by atoms with van der Waals surface area (Å²) < 4.78 is 4.60. The molecule has 2 aromatic rings. The summed E-state index contributed by atoms with van der Waals surface area (Å²) in [6.07, 6.45) is 0. The zero-order valence-corrected chi connectivity index (χ0v) is 14.3. The predicted molar refractivity (Wildman–Crippen MR) is 96.9 cm³/mol. The van der Waals surface area contributed by atoms with Crippen LogP contribution in [0.15, 0.2) is 54.6 Å². The Bertz CT molecular complexity index is 677. The maximum absolute atomic E-state index is 12.0. The van der Waals surface area contributed by atoms with E-state index in [1.807, 2.05) is 54.6 Å². The fraction of sp³-hybridized carbons (Fsp3) is 0.222. The lowest BCUT2D eigenvalue weighted by Gasteiger charge is -2.09. The van der Waals surface area contributed by atoms with Gasteiger partial charge in [0.25, 0.3) is 0 Å². The topological polar surface area (TPSA) is 67.4 Å². The van der Waals surface area contributed by atoms with Crippen molar-refractivity contribution in [3.05, 3.63) is 65.7 Å². The smallest absolute Gasteiger partial charge is 0.319 e. The first-order valence-corrected chi connectivity index (χ1v) is 8.65. The lowest BCUT2D eigenvalue weighted by atomic mass is 10.2. The van der Waals surface area contributed by atoms with Gasteiger partial charge in [0.05, 0.1) is 12.9 Å². The first-order valence-electron chi connectivity index (χ1n) is 7.49. The Morgan fingerprint density at radius 3 is 2.54 bits per heavy atom. The fourth-order valence-electron chi connectivity index (χ4n) is 2.00. The van der Waals surface area contributed by atoms with E-state index in [9.17, 15) is 9.59 Å². The van der Waals surface area contributed by atoms with Crippen LogP contribution < -0.4 is 10.6 Å². The summed E-state index contributed by atoms with van der Waals surface area (Å²) >= 11 is 1.47. The molecule has 0 fully saturated rings. The summed E-state index contributed by atoms with van der Waals surface area (Å²) in [6.45, 7) is 0.474. The molecule has 0 atom stereocenters. The molecule has 5 nitrogen and oxygen atoms in total. The number of urea groups is 1. The lowest BCUT2D eigenvalue weighted by molar-refractivity contribution is -0.137. The van der Waals surface area contributed by atoms with E-state index in [-0.39, 0.29) is 12.0 Å². The fourth-order valence-corrected chi connectivity index (χ4v) is 2.81. The van der Waals surface area contributed by atoms with Gasteiger partial charge in [-0.15, -0.1) is 11.8 Å². The second-order valence-corrected chi connectivity index (χ2v) is 6.05. The van der Waals surface area contributed by atoms with Crippen LogP contribution in [0.5, 0.6) is 0 Å². The van der Waals surface area contributed by atoms with Crippen molar-refractivity contribution >= 4 is 29.4 Å². The molecule has 6 heteroatoms. The maximum Gasteiger partial charge on any atom is 0.319 e. The van der Waals surface area contributed by atoms with E-state index in [0.29, 0.717) is 18.1 Å². The van der Waals surface area contributed by atoms with Crippen LogP contribution >= 0.6 is 11.8 Å². The minimum atomic E-state index is -0.252. The molecule has 0 saturated carbocycles. The second-order valence-electron chi connectivity index (χ2n) is 5.06. The number of esters is 1. The van der Waals surface area contributed by atoms with Crippen molar-refractivity contribution in [2.45, 2.75) is 12.3 Å². The van der Waals surface area contributed by atoms with Gasteiger partial charge in [-0.25, -0.2) is 4.79 Å². The van der Waals surface area contributed by atoms with Gasteiger partial charge >= 0.3 is 12.0 Å². The van der Waals surface area contributed by atoms with Gasteiger partial charge < -0.3 is 15.4 Å². The van der Waals surface area contributed by atoms with Gasteiger partial charge in [-0.1, -0.05) is 42.5 Å². The van der Waals surface area contributed by atoms with Crippen molar-refractivity contribution in [3.8, 4) is 0 Å². The summed E-state index contributed by atoms with van der Waals surface area (Å²) in [5, 5.41) is 5.63. The molecule has 0 aliphatic heterocycles. The highest BCUT2D eigenvalue weighted by Gasteiger charge is 2.04. The third-order valence-electron chi connectivity index (χ3n) is 3.20. The van der Waals surface area contributed by atoms with Gasteiger partial charge in [0.1, 0.15) is 0 Å². The van der Waals surface area contributed by atoms with Crippen LogP contribution in [0, 0.1) is 0 Å². The quantitative estimate of drug-likeness (QED) is 0.755. The van der Waals surface area contributed by atoms with Crippen molar-refractivity contribution in [2.24, 2.45) is 0 Å². The highest BCUT2D eigenvalue weighted by molar-refractivity contribution is 7.99. The highest BCUT2D eigenvalue weighted by Crippen LogP contribution is 2.16. The normalized spacial score (nSPS) is 10.0. The number of rotatable bonds is 7. The minimum absolute atomic E-state index is 0.241. The zero-order chi connectivity index (χ0) is 17.2. The molecule has 2 rings (SSSR count). The summed E-state index contributed by atoms with van der Waals surface area (Å²) in [6, 6.07) is 17.0. The van der Waals surface area contributed by atoms with Gasteiger partial charge in [-0.3, -0.25) is 4.79 Å². The first kappa shape index (κ1) is 17.9. The van der Waals surface area contributed by atoms with E-state index in [1.165, 1.54) is 18.9 Å². The number of carbonyl (C=O) groups excluding carboxylic acids is 2. The zero-order valence-electron chi connectivity index (χ0n) is 13.5. The van der Waals surface area contributed by atoms with E-state index in [4.69, 9.17) is 0 Å². The number of methoxy groups -OCH3 is 1. The standard InChI is InChI=1S/C18H20N2O3S/c1-23-17(21)13-24-12-15-8-5-9-16(10-15)20-18(22)19-11-14-6-3-2-4-7-14/h2-10H,11-13H2,1H3,(H2,19,20,22). The van der Waals surface area contributed by atoms with Gasteiger partial charge in [0.15, 0.2) is 0 Å². The molecule has 0 unspecified atom stereocenters. The molecule has 126 valence electrons. The number of carbonyl (C=O) groups is 2. The van der Waals surface area contributed by atoms with Crippen LogP contribution in [0.4, 0.5) is 10.5 Å². The van der Waals surface area contributed by atoms with Gasteiger partial charge in [-0.2, -0.15) is 0 Å². The van der Waals surface area contributed by atoms with Crippen LogP contribution in [0.25, 0.3) is 0 Å². The number of benzene rings is 2. The van der Waals surface area contributed by atoms with Gasteiger partial charge in [-0.05, 0) is 23.3 Å². The summed E-state index contributed by atoms with van der Waals surface area (Å²) in [7, 11) is 1.38. The molecule has 0 spiro atoms. The Hall–Kier alpha value is -2.47. The molecule has 0 aliphatic carbocycles. The summed E-state index contributed by atoms with van der Waals surface area (Å²) in [5.74, 6) is 0.747. The Labute approximate surface area is 145 Å². The van der Waals surface area contributed by atoms with Crippen molar-refractivity contribution in [2.75, 3.05) is 18.2 Å². The van der Waals surface area contributed by atoms with Gasteiger partial charge in [0, 0.05) is 18.0 Å². The summed E-state index contributed by atoms with van der Waals surface area (Å²) in [4.78, 5) is 23.0. The molecular weight excluding hydrogens is 324 g/mol. The number of amides is 2. The van der Waals surface area contributed by atoms with Crippen LogP contribution in [0.1, 0.15) is 11.1 Å². The van der Waals surface area contributed by atoms with Crippen LogP contribution in [-0.2, 0) is 21.8 Å². The Morgan fingerprint density at radius 2 is 1.79 bits per heavy atom. The predicted octanol–water partition coefficient (Wildman–Crippen LogP) is 3.41. The largest absolute Gasteiger partial charge is 0.468 e. The average Bonchev–Trinajstić information content (AvgIpc) is 2.61. The molecule has 2 aromatic carbocycles. The number of ether oxygens (including phenoxy) is 1. The van der Waals surface area contributed by atoms with Crippen molar-refractivity contribution < 1.29 is 14.3 Å². The monoisotopic (exact) mass is 344 g/mol. The average molecular weight is 344 g/mol. The van der Waals surface area contributed by atoms with E-state index in [1.54, 1.807) is 0 Å². The Morgan fingerprint density at radius 1 is 1.04 bits per heavy atom. The molecule has 2 N–H and O–H groups in total. The number of nitrogens with one attached hydrogen (secondary N) is 2. The van der Waals surface area contributed by atoms with E-state index in [0.717, 1.165) is 16.8 Å². The molecule has 0 heterocycles. The maximum atomic E-state index is 12.0. The van der Waals surface area contributed by atoms with E-state index in [2.05, 4.69) is 15.4 Å². The third-order valence-corrected chi connectivity index (χ3v) is 4.17. The molecule has 2 amide bonds. The second kappa shape index (κ2) is 9.62. The van der Waals surface area contributed by atoms with E-state index >= 15 is 0 Å².